The van der Waals surface area contributed by atoms with E-state index in [1.54, 1.807) is 0 Å². The van der Waals surface area contributed by atoms with Gasteiger partial charge in [0.25, 0.3) is 0 Å². The van der Waals surface area contributed by atoms with Crippen molar-refractivity contribution in [2.24, 2.45) is 0 Å². The van der Waals surface area contributed by atoms with E-state index in [4.69, 9.17) is 29.4 Å². The van der Waals surface area contributed by atoms with Gasteiger partial charge in [-0.2, -0.15) is 0 Å². The first-order valence-corrected chi connectivity index (χ1v) is 19.8. The molecule has 11 heteroatoms. The molecular weight excluding hydrogens is 648 g/mol. The molecule has 2 rings (SSSR count). The predicted molar refractivity (Wildman–Crippen MR) is 178 cm³/mol. The van der Waals surface area contributed by atoms with Gasteiger partial charge in [-0.1, -0.05) is 152 Å². The van der Waals surface area contributed by atoms with Crippen molar-refractivity contribution in [1.29, 1.82) is 0 Å². The van der Waals surface area contributed by atoms with Crippen LogP contribution >= 0.6 is 13.4 Å². The van der Waals surface area contributed by atoms with Crippen molar-refractivity contribution >= 4 is 37.1 Å². The van der Waals surface area contributed by atoms with E-state index < -0.39 is 13.4 Å². The van der Waals surface area contributed by atoms with Crippen LogP contribution in [0.5, 0.6) is 0 Å². The van der Waals surface area contributed by atoms with Gasteiger partial charge in [-0.15, -0.1) is 0 Å². The Balaban J connectivity index is -0.000000523. The van der Waals surface area contributed by atoms with Gasteiger partial charge in [-0.3, -0.25) is 0 Å². The summed E-state index contributed by atoms with van der Waals surface area (Å²) in [6, 6.07) is 21.7. The summed E-state index contributed by atoms with van der Waals surface area (Å²) in [6.45, 7) is -3.06. The number of aryl methyl sites for hydroxylation is 2. The molecule has 0 saturated heterocycles. The number of hydrogen-bond donors (Lipinski definition) is 6. The third-order valence-corrected chi connectivity index (χ3v) is 5.82. The average Bonchev–Trinajstić information content (AvgIpc) is 2.87. The van der Waals surface area contributed by atoms with Gasteiger partial charge in [0.2, 0.25) is 0 Å². The molecule has 2 aromatic carbocycles. The van der Waals surface area contributed by atoms with Crippen LogP contribution in [0, 0.1) is 0 Å². The fourth-order valence-electron chi connectivity index (χ4n) is 3.86. The van der Waals surface area contributed by atoms with Gasteiger partial charge < -0.3 is 29.4 Å². The Morgan fingerprint density at radius 3 is 0.902 bits per heavy atom. The molecule has 0 aliphatic carbocycles. The summed E-state index contributed by atoms with van der Waals surface area (Å²) in [4.78, 5) is 45.3. The topological polar surface area (TPSA) is 121 Å². The number of unbranched alkanes of at least 4 members (excludes halogenated alkanes) is 12. The molecule has 0 unspecified atom stereocenters. The van der Waals surface area contributed by atoms with Crippen LogP contribution in [0.3, 0.4) is 0 Å². The Morgan fingerprint density at radius 1 is 0.439 bits per heavy atom. The zero-order valence-electron chi connectivity index (χ0n) is 25.2. The summed E-state index contributed by atoms with van der Waals surface area (Å²) in [5.74, 6) is 0. The first kappa shape index (κ1) is 45.6. The molecule has 41 heavy (non-hydrogen) atoms. The van der Waals surface area contributed by atoms with Crippen LogP contribution in [0.4, 0.5) is 0 Å². The van der Waals surface area contributed by atoms with Gasteiger partial charge in [0.15, 0.2) is 0 Å². The quantitative estimate of drug-likeness (QED) is 0.0587. The van der Waals surface area contributed by atoms with Crippen LogP contribution in [0.1, 0.15) is 115 Å². The van der Waals surface area contributed by atoms with Crippen LogP contribution in [0.15, 0.2) is 60.7 Å². The van der Waals surface area contributed by atoms with Gasteiger partial charge in [-0.05, 0) is 60.4 Å². The molecule has 0 saturated carbocycles. The maximum absolute atomic E-state index is 7.56. The van der Waals surface area contributed by atoms with Gasteiger partial charge in [0.05, 0.1) is 0 Å². The summed E-state index contributed by atoms with van der Waals surface area (Å²) < 4.78 is 0. The van der Waals surface area contributed by atoms with Crippen molar-refractivity contribution in [3.05, 3.63) is 71.8 Å². The van der Waals surface area contributed by atoms with Gasteiger partial charge >= 0.3 is 13.4 Å². The van der Waals surface area contributed by atoms with Crippen molar-refractivity contribution in [2.45, 2.75) is 117 Å². The number of hydrogen-bond acceptors (Lipinski definition) is 2. The summed E-state index contributed by atoms with van der Waals surface area (Å²) >= 11 is 7.21. The maximum Gasteiger partial charge on any atom is 0.319 e. The molecule has 2 aromatic rings. The zero-order chi connectivity index (χ0) is 30.5. The molecule has 0 fully saturated rings. The number of benzene rings is 2. The van der Waals surface area contributed by atoms with E-state index in [1.807, 2.05) is 0 Å². The van der Waals surface area contributed by atoms with Crippen molar-refractivity contribution in [2.75, 3.05) is 0 Å². The molecular formula is C30H54O6P2S2Zn. The summed E-state index contributed by atoms with van der Waals surface area (Å²) in [5.41, 5.74) is 2.98. The Bertz CT molecular complexity index is 793. The second-order valence-electron chi connectivity index (χ2n) is 9.74. The second-order valence-corrected chi connectivity index (χ2v) is 14.7. The summed E-state index contributed by atoms with van der Waals surface area (Å²) in [6.07, 6.45) is 22.1. The normalized spacial score (nSPS) is 10.5. The van der Waals surface area contributed by atoms with Crippen molar-refractivity contribution < 1.29 is 48.8 Å². The molecule has 0 spiro atoms. The van der Waals surface area contributed by atoms with Crippen LogP contribution in [-0.2, 0) is 55.9 Å². The van der Waals surface area contributed by atoms with Gasteiger partial charge in [0, 0.05) is 19.5 Å². The van der Waals surface area contributed by atoms with Gasteiger partial charge in [0.1, 0.15) is 0 Å². The van der Waals surface area contributed by atoms with Crippen LogP contribution in [-0.4, -0.2) is 29.4 Å². The molecule has 6 N–H and O–H groups in total. The van der Waals surface area contributed by atoms with Crippen LogP contribution in [0.2, 0.25) is 0 Å². The van der Waals surface area contributed by atoms with E-state index in [9.17, 15) is 0 Å². The maximum atomic E-state index is 7.56. The minimum absolute atomic E-state index is 0. The summed E-state index contributed by atoms with van der Waals surface area (Å²) in [5, 5.41) is 0. The first-order chi connectivity index (χ1) is 18.9. The van der Waals surface area contributed by atoms with E-state index in [0.717, 1.165) is 0 Å². The molecule has 0 radical (unpaired) electrons. The van der Waals surface area contributed by atoms with Crippen molar-refractivity contribution in [3.8, 4) is 0 Å². The minimum atomic E-state index is -3.81. The average molecular weight is 702 g/mol. The largest absolute Gasteiger partial charge is 0.325 e. The predicted octanol–water partition coefficient (Wildman–Crippen LogP) is 8.33. The second kappa shape index (κ2) is 31.5. The molecule has 234 valence electrons. The first-order valence-electron chi connectivity index (χ1n) is 14.5. The SMILES string of the molecule is CCCCCCCCCc1ccccc1.CCCCCCCCCc1ccccc1.OP(O)(O)=S.OP(O)(O)=S.[Zn]. The Labute approximate surface area is 272 Å². The molecule has 0 bridgehead atoms. The fourth-order valence-corrected chi connectivity index (χ4v) is 3.86. The molecule has 0 aromatic heterocycles. The smallest absolute Gasteiger partial charge is 0.319 e. The molecule has 0 aliphatic rings. The minimum Gasteiger partial charge on any atom is -0.325 e. The van der Waals surface area contributed by atoms with Crippen LogP contribution < -0.4 is 0 Å². The van der Waals surface area contributed by atoms with E-state index >= 15 is 0 Å². The molecule has 0 aliphatic heterocycles. The van der Waals surface area contributed by atoms with Crippen LogP contribution in [0.25, 0.3) is 0 Å². The van der Waals surface area contributed by atoms with E-state index in [0.29, 0.717) is 0 Å². The number of rotatable bonds is 16. The fraction of sp³-hybridized carbons (Fsp3) is 0.600. The van der Waals surface area contributed by atoms with E-state index in [2.05, 4.69) is 98.1 Å². The van der Waals surface area contributed by atoms with Gasteiger partial charge in [-0.25, -0.2) is 0 Å². The molecule has 0 heterocycles. The summed E-state index contributed by atoms with van der Waals surface area (Å²) in [7, 11) is 0. The molecule has 6 nitrogen and oxygen atoms in total. The Hall–Kier alpha value is 0.123. The molecule has 0 atom stereocenters. The zero-order valence-corrected chi connectivity index (χ0v) is 31.6. The Morgan fingerprint density at radius 2 is 0.659 bits per heavy atom. The third kappa shape index (κ3) is 50.1. The van der Waals surface area contributed by atoms with E-state index in [1.165, 1.54) is 114 Å². The van der Waals surface area contributed by atoms with Crippen molar-refractivity contribution in [1.82, 2.24) is 0 Å². The standard InChI is InChI=1S/2C15H24.2H3O3PS.Zn/c2*1-2-3-4-5-6-7-9-12-15-13-10-8-11-14-15;2*1-4(2,3)5;/h2*8,10-11,13-14H,2-7,9,12H2,1H3;2*(H3,1,2,3,5);. The third-order valence-electron chi connectivity index (χ3n) is 5.82. The monoisotopic (exact) mass is 700 g/mol. The van der Waals surface area contributed by atoms with E-state index in [-0.39, 0.29) is 19.5 Å². The van der Waals surface area contributed by atoms with Crippen molar-refractivity contribution in [3.63, 3.8) is 0 Å². The Kier molecular flexibility index (Phi) is 35.0. The molecule has 0 amide bonds.